The van der Waals surface area contributed by atoms with Gasteiger partial charge in [-0.1, -0.05) is 0 Å². The van der Waals surface area contributed by atoms with Crippen LogP contribution in [-0.2, 0) is 7.05 Å². The van der Waals surface area contributed by atoms with Crippen molar-refractivity contribution < 1.29 is 9.18 Å². The van der Waals surface area contributed by atoms with Crippen LogP contribution in [0.4, 0.5) is 4.39 Å². The highest BCUT2D eigenvalue weighted by atomic mass is 19.1. The molecule has 0 atom stereocenters. The number of nitrogens with one attached hydrogen (secondary N) is 2. The zero-order valence-corrected chi connectivity index (χ0v) is 10.2. The van der Waals surface area contributed by atoms with E-state index in [1.807, 2.05) is 0 Å². The lowest BCUT2D eigenvalue weighted by molar-refractivity contribution is 0.0586. The van der Waals surface area contributed by atoms with E-state index in [9.17, 15) is 14.0 Å². The van der Waals surface area contributed by atoms with Gasteiger partial charge in [-0.15, -0.1) is 0 Å². The molecule has 0 bridgehead atoms. The Kier molecular flexibility index (Phi) is 2.51. The summed E-state index contributed by atoms with van der Waals surface area (Å²) in [5.74, 6) is -0.0461. The van der Waals surface area contributed by atoms with E-state index in [2.05, 4.69) is 15.2 Å². The predicted molar refractivity (Wildman–Crippen MR) is 63.2 cm³/mol. The molecule has 1 aliphatic rings. The smallest absolute Gasteiger partial charge is 0.343 e. The molecule has 2 aromatic rings. The summed E-state index contributed by atoms with van der Waals surface area (Å²) >= 11 is 0. The summed E-state index contributed by atoms with van der Waals surface area (Å²) in [4.78, 5) is 27.3. The summed E-state index contributed by atoms with van der Waals surface area (Å²) < 4.78 is 14.2. The summed E-state index contributed by atoms with van der Waals surface area (Å²) in [7, 11) is 1.63. The van der Waals surface area contributed by atoms with E-state index in [0.29, 0.717) is 18.9 Å². The highest BCUT2D eigenvalue weighted by molar-refractivity contribution is 5.93. The van der Waals surface area contributed by atoms with E-state index < -0.39 is 5.82 Å². The number of aromatic amines is 2. The van der Waals surface area contributed by atoms with Crippen molar-refractivity contribution in [1.82, 2.24) is 24.6 Å². The Morgan fingerprint density at radius 1 is 1.53 bits per heavy atom. The van der Waals surface area contributed by atoms with Gasteiger partial charge in [-0.05, 0) is 0 Å². The highest BCUT2D eigenvalue weighted by Gasteiger charge is 2.35. The van der Waals surface area contributed by atoms with Gasteiger partial charge in [0, 0.05) is 32.4 Å². The third kappa shape index (κ3) is 1.85. The molecule has 0 spiro atoms. The summed E-state index contributed by atoms with van der Waals surface area (Å²) in [6.07, 6.45) is 1.14. The number of halogens is 1. The number of nitrogens with zero attached hydrogens (tertiary/aromatic N) is 3. The molecule has 0 saturated carbocycles. The number of amides is 1. The van der Waals surface area contributed by atoms with Crippen LogP contribution in [0.5, 0.6) is 0 Å². The van der Waals surface area contributed by atoms with Gasteiger partial charge in [0.05, 0.1) is 5.92 Å². The average Bonchev–Trinajstić information content (AvgIpc) is 2.88. The molecule has 0 aliphatic carbocycles. The molecule has 0 aromatic carbocycles. The van der Waals surface area contributed by atoms with Crippen LogP contribution in [0.1, 0.15) is 22.2 Å². The SMILES string of the molecule is Cn1c(C2CN(C(=O)c3cc(F)c[nH]3)C2)n[nH]c1=O. The first-order chi connectivity index (χ1) is 9.06. The van der Waals surface area contributed by atoms with Crippen molar-refractivity contribution in [3.8, 4) is 0 Å². The summed E-state index contributed by atoms with van der Waals surface area (Å²) in [6, 6.07) is 1.17. The summed E-state index contributed by atoms with van der Waals surface area (Å²) in [6.45, 7) is 0.940. The molecule has 8 heteroatoms. The Bertz CT molecular complexity index is 679. The minimum atomic E-state index is -0.463. The lowest BCUT2D eigenvalue weighted by Crippen LogP contribution is -2.49. The van der Waals surface area contributed by atoms with E-state index >= 15 is 0 Å². The van der Waals surface area contributed by atoms with Crippen LogP contribution < -0.4 is 5.69 Å². The van der Waals surface area contributed by atoms with Crippen molar-refractivity contribution in [2.45, 2.75) is 5.92 Å². The zero-order chi connectivity index (χ0) is 13.6. The van der Waals surface area contributed by atoms with Gasteiger partial charge in [-0.2, -0.15) is 5.10 Å². The first kappa shape index (κ1) is 11.7. The highest BCUT2D eigenvalue weighted by Crippen LogP contribution is 2.25. The number of likely N-dealkylation sites (tertiary alicyclic amines) is 1. The molecule has 3 heterocycles. The maximum atomic E-state index is 12.8. The second-order valence-corrected chi connectivity index (χ2v) is 4.58. The van der Waals surface area contributed by atoms with Gasteiger partial charge in [0.25, 0.3) is 5.91 Å². The maximum absolute atomic E-state index is 12.8. The third-order valence-corrected chi connectivity index (χ3v) is 3.33. The number of aromatic nitrogens is 4. The van der Waals surface area contributed by atoms with E-state index in [1.54, 1.807) is 11.9 Å². The fourth-order valence-electron chi connectivity index (χ4n) is 2.19. The van der Waals surface area contributed by atoms with E-state index in [-0.39, 0.29) is 23.2 Å². The lowest BCUT2D eigenvalue weighted by atomic mass is 9.99. The van der Waals surface area contributed by atoms with Crippen molar-refractivity contribution in [3.05, 3.63) is 40.1 Å². The third-order valence-electron chi connectivity index (χ3n) is 3.33. The molecule has 7 nitrogen and oxygen atoms in total. The van der Waals surface area contributed by atoms with E-state index in [1.165, 1.54) is 10.6 Å². The molecule has 1 amide bonds. The molecule has 0 unspecified atom stereocenters. The Balaban J connectivity index is 1.68. The van der Waals surface area contributed by atoms with Crippen LogP contribution in [0, 0.1) is 5.82 Å². The van der Waals surface area contributed by atoms with Crippen LogP contribution in [0.25, 0.3) is 0 Å². The maximum Gasteiger partial charge on any atom is 0.343 e. The first-order valence-electron chi connectivity index (χ1n) is 5.80. The molecule has 19 heavy (non-hydrogen) atoms. The Morgan fingerprint density at radius 2 is 2.26 bits per heavy atom. The van der Waals surface area contributed by atoms with E-state index in [0.717, 1.165) is 6.20 Å². The molecule has 100 valence electrons. The first-order valence-corrected chi connectivity index (χ1v) is 5.80. The lowest BCUT2D eigenvalue weighted by Gasteiger charge is -2.38. The minimum Gasteiger partial charge on any atom is -0.355 e. The summed E-state index contributed by atoms with van der Waals surface area (Å²) in [5, 5.41) is 6.29. The number of hydrogen-bond acceptors (Lipinski definition) is 3. The van der Waals surface area contributed by atoms with Gasteiger partial charge in [0.1, 0.15) is 17.3 Å². The second-order valence-electron chi connectivity index (χ2n) is 4.58. The largest absolute Gasteiger partial charge is 0.355 e. The quantitative estimate of drug-likeness (QED) is 0.789. The van der Waals surface area contributed by atoms with Gasteiger partial charge >= 0.3 is 5.69 Å². The van der Waals surface area contributed by atoms with Crippen molar-refractivity contribution in [1.29, 1.82) is 0 Å². The van der Waals surface area contributed by atoms with Crippen LogP contribution in [0.15, 0.2) is 17.1 Å². The number of carbonyl (C=O) groups excluding carboxylic acids is 1. The van der Waals surface area contributed by atoms with Gasteiger partial charge in [0.2, 0.25) is 0 Å². The summed E-state index contributed by atoms with van der Waals surface area (Å²) in [5.41, 5.74) is -0.0434. The van der Waals surface area contributed by atoms with Crippen LogP contribution in [0.2, 0.25) is 0 Å². The number of hydrogen-bond donors (Lipinski definition) is 2. The van der Waals surface area contributed by atoms with Gasteiger partial charge in [-0.3, -0.25) is 9.36 Å². The molecule has 3 rings (SSSR count). The molecule has 1 fully saturated rings. The normalized spacial score (nSPS) is 15.6. The van der Waals surface area contributed by atoms with Crippen LogP contribution in [0.3, 0.4) is 0 Å². The number of H-pyrrole nitrogens is 2. The second kappa shape index (κ2) is 4.08. The minimum absolute atomic E-state index is 0.0349. The van der Waals surface area contributed by atoms with Crippen molar-refractivity contribution in [2.24, 2.45) is 7.05 Å². The molecule has 0 radical (unpaired) electrons. The van der Waals surface area contributed by atoms with Crippen LogP contribution in [-0.4, -0.2) is 43.6 Å². The van der Waals surface area contributed by atoms with Crippen molar-refractivity contribution in [2.75, 3.05) is 13.1 Å². The van der Waals surface area contributed by atoms with Crippen LogP contribution >= 0.6 is 0 Å². The monoisotopic (exact) mass is 265 g/mol. The number of carbonyl (C=O) groups is 1. The Hall–Kier alpha value is -2.38. The standard InChI is InChI=1S/C11H12FN5O2/c1-16-9(14-15-11(16)19)6-4-17(5-6)10(18)8-2-7(12)3-13-8/h2-3,6,13H,4-5H2,1H3,(H,15,19). The zero-order valence-electron chi connectivity index (χ0n) is 10.2. The van der Waals surface area contributed by atoms with E-state index in [4.69, 9.17) is 0 Å². The Labute approximate surface area is 107 Å². The molecule has 2 N–H and O–H groups in total. The molecule has 1 saturated heterocycles. The Morgan fingerprint density at radius 3 is 2.79 bits per heavy atom. The fourth-order valence-corrected chi connectivity index (χ4v) is 2.19. The number of rotatable bonds is 2. The average molecular weight is 265 g/mol. The molecular formula is C11H12FN5O2. The topological polar surface area (TPSA) is 86.8 Å². The van der Waals surface area contributed by atoms with Crippen molar-refractivity contribution >= 4 is 5.91 Å². The van der Waals surface area contributed by atoms with Gasteiger partial charge in [-0.25, -0.2) is 14.3 Å². The van der Waals surface area contributed by atoms with Gasteiger partial charge in [0.15, 0.2) is 0 Å². The molecule has 2 aromatic heterocycles. The molecular weight excluding hydrogens is 253 g/mol. The van der Waals surface area contributed by atoms with Gasteiger partial charge < -0.3 is 9.88 Å². The van der Waals surface area contributed by atoms with Crippen molar-refractivity contribution in [3.63, 3.8) is 0 Å². The predicted octanol–water partition coefficient (Wildman–Crippen LogP) is -0.185. The fraction of sp³-hybridized carbons (Fsp3) is 0.364. The molecule has 1 aliphatic heterocycles.